The summed E-state index contributed by atoms with van der Waals surface area (Å²) in [5.41, 5.74) is 1.39. The van der Waals surface area contributed by atoms with Gasteiger partial charge in [0.1, 0.15) is 11.3 Å². The van der Waals surface area contributed by atoms with Crippen LogP contribution in [0.4, 0.5) is 4.39 Å². The first-order chi connectivity index (χ1) is 9.58. The maximum absolute atomic E-state index is 14.0. The van der Waals surface area contributed by atoms with Gasteiger partial charge in [-0.25, -0.2) is 13.9 Å². The molecule has 0 spiro atoms. The summed E-state index contributed by atoms with van der Waals surface area (Å²) in [6.45, 7) is 5.33. The minimum atomic E-state index is -1.32. The van der Waals surface area contributed by atoms with Crippen LogP contribution in [-0.4, -0.2) is 20.8 Å². The van der Waals surface area contributed by atoms with Gasteiger partial charge in [0.15, 0.2) is 5.65 Å². The van der Waals surface area contributed by atoms with E-state index in [0.29, 0.717) is 26.5 Å². The molecule has 104 valence electrons. The zero-order chi connectivity index (χ0) is 14.7. The Labute approximate surface area is 129 Å². The summed E-state index contributed by atoms with van der Waals surface area (Å²) in [6.07, 6.45) is 6.71. The fraction of sp³-hybridized carbons (Fsp3) is 0.143. The summed E-state index contributed by atoms with van der Waals surface area (Å²) in [5.74, 6) is 0. The van der Waals surface area contributed by atoms with Crippen molar-refractivity contribution in [3.8, 4) is 0 Å². The van der Waals surface area contributed by atoms with Crippen molar-refractivity contribution in [1.82, 2.24) is 14.6 Å². The third-order valence-electron chi connectivity index (χ3n) is 2.65. The Morgan fingerprint density at radius 3 is 3.00 bits per heavy atom. The lowest BCUT2D eigenvalue weighted by Crippen LogP contribution is -2.04. The van der Waals surface area contributed by atoms with Gasteiger partial charge in [-0.3, -0.25) is 0 Å². The van der Waals surface area contributed by atoms with Gasteiger partial charge in [0.05, 0.1) is 16.4 Å². The van der Waals surface area contributed by atoms with Crippen LogP contribution < -0.4 is 0 Å². The normalized spacial score (nSPS) is 14.1. The highest BCUT2D eigenvalue weighted by Gasteiger charge is 2.16. The smallest absolute Gasteiger partial charge is 0.171 e. The van der Waals surface area contributed by atoms with Crippen LogP contribution in [0.15, 0.2) is 47.6 Å². The summed E-state index contributed by atoms with van der Waals surface area (Å²) < 4.78 is 16.2. The third kappa shape index (κ3) is 2.83. The van der Waals surface area contributed by atoms with Gasteiger partial charge in [0.25, 0.3) is 0 Å². The van der Waals surface area contributed by atoms with Crippen LogP contribution in [0.3, 0.4) is 0 Å². The fourth-order valence-electron chi connectivity index (χ4n) is 1.69. The Morgan fingerprint density at radius 2 is 2.35 bits per heavy atom. The molecular formula is C14H12BrClFN3. The molecule has 1 unspecified atom stereocenters. The first-order valence-corrected chi connectivity index (χ1v) is 7.05. The number of allylic oxidation sites excluding steroid dienone is 5. The molecular weight excluding hydrogens is 345 g/mol. The zero-order valence-electron chi connectivity index (χ0n) is 10.7. The molecule has 0 aliphatic carbocycles. The minimum Gasteiger partial charge on any atom is -0.238 e. The molecule has 0 amide bonds. The summed E-state index contributed by atoms with van der Waals surface area (Å²) >= 11 is 9.49. The van der Waals surface area contributed by atoms with E-state index < -0.39 is 6.17 Å². The first-order valence-electron chi connectivity index (χ1n) is 5.88. The highest BCUT2D eigenvalue weighted by Crippen LogP contribution is 2.26. The third-order valence-corrected chi connectivity index (χ3v) is 3.48. The summed E-state index contributed by atoms with van der Waals surface area (Å²) in [7, 11) is 0. The van der Waals surface area contributed by atoms with Crippen molar-refractivity contribution in [1.29, 1.82) is 0 Å². The lowest BCUT2D eigenvalue weighted by Gasteiger charge is -2.09. The minimum absolute atomic E-state index is 0.360. The van der Waals surface area contributed by atoms with Gasteiger partial charge in [-0.2, -0.15) is 5.10 Å². The van der Waals surface area contributed by atoms with Gasteiger partial charge in [-0.05, 0) is 22.9 Å². The highest BCUT2D eigenvalue weighted by atomic mass is 79.9. The number of nitrogens with zero attached hydrogens (tertiary/aromatic N) is 3. The number of aromatic nitrogens is 3. The Kier molecular flexibility index (Phi) is 4.73. The second-order valence-electron chi connectivity index (χ2n) is 3.98. The second-order valence-corrected chi connectivity index (χ2v) is 5.22. The van der Waals surface area contributed by atoms with Gasteiger partial charge < -0.3 is 0 Å². The van der Waals surface area contributed by atoms with Gasteiger partial charge in [0.2, 0.25) is 0 Å². The van der Waals surface area contributed by atoms with E-state index in [9.17, 15) is 4.39 Å². The van der Waals surface area contributed by atoms with E-state index in [0.717, 1.165) is 0 Å². The van der Waals surface area contributed by atoms with Crippen molar-refractivity contribution >= 4 is 38.8 Å². The molecule has 2 heterocycles. The molecule has 0 fully saturated rings. The predicted molar refractivity (Wildman–Crippen MR) is 83.6 cm³/mol. The molecule has 6 heteroatoms. The molecule has 0 aliphatic rings. The number of rotatable bonds is 4. The van der Waals surface area contributed by atoms with Crippen LogP contribution >= 0.6 is 27.5 Å². The summed E-state index contributed by atoms with van der Waals surface area (Å²) in [6, 6.07) is 1.58. The second kappa shape index (κ2) is 6.33. The molecule has 0 aliphatic heterocycles. The van der Waals surface area contributed by atoms with Crippen molar-refractivity contribution in [2.45, 2.75) is 13.1 Å². The number of halogens is 3. The Morgan fingerprint density at radius 1 is 1.60 bits per heavy atom. The van der Waals surface area contributed by atoms with Gasteiger partial charge in [-0.15, -0.1) is 0 Å². The Bertz CT molecular complexity index is 706. The SMILES string of the molecule is C=CC(F)/C(=C\C=C/C)c1cc(Cl)n2ncc(Br)c2n1. The van der Waals surface area contributed by atoms with Gasteiger partial charge >= 0.3 is 0 Å². The van der Waals surface area contributed by atoms with Gasteiger partial charge in [0, 0.05) is 11.6 Å². The van der Waals surface area contributed by atoms with Crippen LogP contribution in [0.5, 0.6) is 0 Å². The van der Waals surface area contributed by atoms with Crippen molar-refractivity contribution in [2.24, 2.45) is 0 Å². The zero-order valence-corrected chi connectivity index (χ0v) is 13.1. The summed E-state index contributed by atoms with van der Waals surface area (Å²) in [4.78, 5) is 4.40. The van der Waals surface area contributed by atoms with Crippen molar-refractivity contribution in [3.05, 3.63) is 58.5 Å². The van der Waals surface area contributed by atoms with E-state index in [-0.39, 0.29) is 0 Å². The molecule has 0 bridgehead atoms. The summed E-state index contributed by atoms with van der Waals surface area (Å²) in [5, 5.41) is 4.43. The Balaban J connectivity index is 2.64. The molecule has 2 rings (SSSR count). The van der Waals surface area contributed by atoms with E-state index >= 15 is 0 Å². The molecule has 1 atom stereocenters. The van der Waals surface area contributed by atoms with E-state index in [4.69, 9.17) is 11.6 Å². The average Bonchev–Trinajstić information content (AvgIpc) is 2.81. The lowest BCUT2D eigenvalue weighted by molar-refractivity contribution is 0.480. The molecule has 20 heavy (non-hydrogen) atoms. The van der Waals surface area contributed by atoms with Crippen LogP contribution in [-0.2, 0) is 0 Å². The number of alkyl halides is 1. The van der Waals surface area contributed by atoms with Crippen molar-refractivity contribution in [2.75, 3.05) is 0 Å². The van der Waals surface area contributed by atoms with Crippen LogP contribution in [0.2, 0.25) is 5.15 Å². The van der Waals surface area contributed by atoms with Crippen molar-refractivity contribution in [3.63, 3.8) is 0 Å². The van der Waals surface area contributed by atoms with E-state index in [1.165, 1.54) is 10.6 Å². The van der Waals surface area contributed by atoms with E-state index in [1.807, 2.05) is 13.0 Å². The molecule has 0 radical (unpaired) electrons. The van der Waals surface area contributed by atoms with Crippen LogP contribution in [0.25, 0.3) is 11.2 Å². The number of fused-ring (bicyclic) bond motifs is 1. The fourth-order valence-corrected chi connectivity index (χ4v) is 2.27. The lowest BCUT2D eigenvalue weighted by atomic mass is 10.1. The average molecular weight is 357 g/mol. The quantitative estimate of drug-likeness (QED) is 0.454. The maximum Gasteiger partial charge on any atom is 0.171 e. The monoisotopic (exact) mass is 355 g/mol. The highest BCUT2D eigenvalue weighted by molar-refractivity contribution is 9.10. The molecule has 0 saturated carbocycles. The predicted octanol–water partition coefficient (Wildman–Crippen LogP) is 4.63. The Hall–Kier alpha value is -1.46. The largest absolute Gasteiger partial charge is 0.238 e. The number of hydrogen-bond acceptors (Lipinski definition) is 2. The van der Waals surface area contributed by atoms with E-state index in [2.05, 4.69) is 32.6 Å². The molecule has 2 aromatic heterocycles. The maximum atomic E-state index is 14.0. The van der Waals surface area contributed by atoms with Crippen LogP contribution in [0, 0.1) is 0 Å². The van der Waals surface area contributed by atoms with Gasteiger partial charge in [-0.1, -0.05) is 42.5 Å². The molecule has 0 N–H and O–H groups in total. The molecule has 2 aromatic rings. The van der Waals surface area contributed by atoms with Crippen molar-refractivity contribution < 1.29 is 4.39 Å². The first kappa shape index (κ1) is 14.9. The number of hydrogen-bond donors (Lipinski definition) is 0. The van der Waals surface area contributed by atoms with Crippen LogP contribution in [0.1, 0.15) is 12.6 Å². The molecule has 0 saturated heterocycles. The van der Waals surface area contributed by atoms with E-state index in [1.54, 1.807) is 24.4 Å². The topological polar surface area (TPSA) is 30.2 Å². The molecule has 0 aromatic carbocycles. The standard InChI is InChI=1S/C14H12BrClFN3/c1-3-5-6-9(11(17)4-2)12-7-13(16)20-14(19-12)10(15)8-18-20/h3-8,11H,2H2,1H3/b5-3-,9-6+. The molecule has 3 nitrogen and oxygen atoms in total.